The first-order chi connectivity index (χ1) is 16.7. The first-order valence-electron chi connectivity index (χ1n) is 11.4. The van der Waals surface area contributed by atoms with Crippen LogP contribution in [0, 0.1) is 0 Å². The summed E-state index contributed by atoms with van der Waals surface area (Å²) >= 11 is 4.91. The van der Waals surface area contributed by atoms with Crippen LogP contribution >= 0.6 is 27.7 Å². The minimum absolute atomic E-state index is 0.00179. The molecule has 1 N–H and O–H groups in total. The fourth-order valence-corrected chi connectivity index (χ4v) is 5.14. The fraction of sp³-hybridized carbons (Fsp3) is 0.346. The van der Waals surface area contributed by atoms with Crippen molar-refractivity contribution in [3.05, 3.63) is 57.4 Å². The summed E-state index contributed by atoms with van der Waals surface area (Å²) in [7, 11) is 0. The second-order valence-corrected chi connectivity index (χ2v) is 10.2. The van der Waals surface area contributed by atoms with E-state index in [-0.39, 0.29) is 30.5 Å². The predicted octanol–water partition coefficient (Wildman–Crippen LogP) is 5.95. The lowest BCUT2D eigenvalue weighted by molar-refractivity contribution is -0.123. The summed E-state index contributed by atoms with van der Waals surface area (Å²) in [6, 6.07) is 12.9. The second-order valence-electron chi connectivity index (χ2n) is 8.35. The smallest absolute Gasteiger partial charge is 0.266 e. The number of para-hydroxylation sites is 1. The van der Waals surface area contributed by atoms with E-state index in [1.807, 2.05) is 77.1 Å². The lowest BCUT2D eigenvalue weighted by Gasteiger charge is -2.20. The van der Waals surface area contributed by atoms with Crippen molar-refractivity contribution in [1.82, 2.24) is 4.90 Å². The number of benzene rings is 2. The fourth-order valence-electron chi connectivity index (χ4n) is 3.33. The molecule has 1 fully saturated rings. The number of amidine groups is 1. The third kappa shape index (κ3) is 7.11. The number of hydrogen-bond acceptors (Lipinski definition) is 6. The molecule has 0 bridgehead atoms. The van der Waals surface area contributed by atoms with Gasteiger partial charge in [0.25, 0.3) is 11.8 Å². The average Bonchev–Trinajstić information content (AvgIpc) is 3.08. The van der Waals surface area contributed by atoms with Gasteiger partial charge in [-0.2, -0.15) is 0 Å². The molecule has 2 amide bonds. The highest BCUT2D eigenvalue weighted by atomic mass is 79.9. The number of carbonyl (C=O) groups is 2. The number of nitrogens with one attached hydrogen (secondary N) is 1. The van der Waals surface area contributed by atoms with Crippen molar-refractivity contribution in [2.75, 3.05) is 18.5 Å². The summed E-state index contributed by atoms with van der Waals surface area (Å²) in [5, 5.41) is 3.50. The standard InChI is InChI=1S/C26H30BrN3O4S/c1-6-33-21-13-18(14-22-25(32)30(17(4)5)26(35-22)28-16(2)3)12-20(27)24(21)34-15-23(31)29-19-10-8-7-9-11-19/h7-14,16-17H,6,15H2,1-5H3,(H,29,31)/b22-14+,28-26?. The number of amides is 2. The van der Waals surface area contributed by atoms with E-state index in [9.17, 15) is 9.59 Å². The summed E-state index contributed by atoms with van der Waals surface area (Å²) in [4.78, 5) is 32.3. The summed E-state index contributed by atoms with van der Waals surface area (Å²) in [6.07, 6.45) is 1.82. The maximum absolute atomic E-state index is 13.1. The Kier molecular flexibility index (Phi) is 9.40. The third-order valence-electron chi connectivity index (χ3n) is 4.76. The van der Waals surface area contributed by atoms with Gasteiger partial charge in [-0.25, -0.2) is 0 Å². The highest BCUT2D eigenvalue weighted by Crippen LogP contribution is 2.40. The third-order valence-corrected chi connectivity index (χ3v) is 6.34. The first kappa shape index (κ1) is 26.8. The molecular formula is C26H30BrN3O4S. The van der Waals surface area contributed by atoms with Gasteiger partial charge in [0.1, 0.15) is 0 Å². The Morgan fingerprint density at radius 3 is 2.51 bits per heavy atom. The zero-order valence-corrected chi connectivity index (χ0v) is 22.9. The summed E-state index contributed by atoms with van der Waals surface area (Å²) in [6.45, 7) is 10.0. The van der Waals surface area contributed by atoms with Crippen LogP contribution in [0.15, 0.2) is 56.8 Å². The van der Waals surface area contributed by atoms with Gasteiger partial charge in [-0.05, 0) is 98.2 Å². The number of rotatable bonds is 9. The number of hydrogen-bond donors (Lipinski definition) is 1. The van der Waals surface area contributed by atoms with Crippen LogP contribution in [0.5, 0.6) is 11.5 Å². The van der Waals surface area contributed by atoms with Crippen LogP contribution < -0.4 is 14.8 Å². The summed E-state index contributed by atoms with van der Waals surface area (Å²) < 4.78 is 12.2. The molecule has 0 spiro atoms. The second kappa shape index (κ2) is 12.3. The van der Waals surface area contributed by atoms with E-state index < -0.39 is 0 Å². The van der Waals surface area contributed by atoms with Crippen molar-refractivity contribution < 1.29 is 19.1 Å². The molecule has 0 atom stereocenters. The highest BCUT2D eigenvalue weighted by molar-refractivity contribution is 9.10. The van der Waals surface area contributed by atoms with E-state index in [0.717, 1.165) is 5.56 Å². The van der Waals surface area contributed by atoms with Gasteiger partial charge >= 0.3 is 0 Å². The molecule has 0 aliphatic carbocycles. The molecule has 1 heterocycles. The van der Waals surface area contributed by atoms with Gasteiger partial charge < -0.3 is 14.8 Å². The quantitative estimate of drug-likeness (QED) is 0.383. The van der Waals surface area contributed by atoms with Crippen molar-refractivity contribution in [2.45, 2.75) is 46.7 Å². The number of anilines is 1. The van der Waals surface area contributed by atoms with Crippen LogP contribution in [-0.4, -0.2) is 47.2 Å². The van der Waals surface area contributed by atoms with Gasteiger partial charge in [0, 0.05) is 17.8 Å². The average molecular weight is 561 g/mol. The molecule has 1 saturated heterocycles. The van der Waals surface area contributed by atoms with Crippen molar-refractivity contribution in [2.24, 2.45) is 4.99 Å². The van der Waals surface area contributed by atoms with E-state index in [0.29, 0.717) is 38.3 Å². The Hall–Kier alpha value is -2.78. The highest BCUT2D eigenvalue weighted by Gasteiger charge is 2.35. The van der Waals surface area contributed by atoms with Gasteiger partial charge in [-0.15, -0.1) is 0 Å². The predicted molar refractivity (Wildman–Crippen MR) is 146 cm³/mol. The Morgan fingerprint density at radius 2 is 1.89 bits per heavy atom. The molecule has 1 aliphatic rings. The number of aliphatic imine (C=N–C) groups is 1. The number of thioether (sulfide) groups is 1. The molecule has 2 aromatic rings. The maximum atomic E-state index is 13.1. The number of halogens is 1. The molecule has 1 aliphatic heterocycles. The summed E-state index contributed by atoms with van der Waals surface area (Å²) in [5.41, 5.74) is 1.47. The Bertz CT molecular complexity index is 1130. The summed E-state index contributed by atoms with van der Waals surface area (Å²) in [5.74, 6) is 0.550. The monoisotopic (exact) mass is 559 g/mol. The maximum Gasteiger partial charge on any atom is 0.266 e. The number of nitrogens with zero attached hydrogens (tertiary/aromatic N) is 2. The van der Waals surface area contributed by atoms with Gasteiger partial charge in [0.05, 0.1) is 16.0 Å². The molecule has 0 saturated carbocycles. The van der Waals surface area contributed by atoms with E-state index in [4.69, 9.17) is 9.47 Å². The van der Waals surface area contributed by atoms with E-state index in [1.165, 1.54) is 11.8 Å². The van der Waals surface area contributed by atoms with Crippen molar-refractivity contribution in [3.63, 3.8) is 0 Å². The lowest BCUT2D eigenvalue weighted by Crippen LogP contribution is -2.35. The first-order valence-corrected chi connectivity index (χ1v) is 13.1. The van der Waals surface area contributed by atoms with Crippen molar-refractivity contribution >= 4 is 56.4 Å². The number of ether oxygens (including phenoxy) is 2. The normalized spacial score (nSPS) is 16.0. The van der Waals surface area contributed by atoms with Crippen molar-refractivity contribution in [1.29, 1.82) is 0 Å². The molecule has 2 aromatic carbocycles. The van der Waals surface area contributed by atoms with Crippen molar-refractivity contribution in [3.8, 4) is 11.5 Å². The van der Waals surface area contributed by atoms with E-state index in [2.05, 4.69) is 26.2 Å². The molecule has 35 heavy (non-hydrogen) atoms. The zero-order valence-electron chi connectivity index (χ0n) is 20.5. The van der Waals surface area contributed by atoms with Gasteiger partial charge in [-0.3, -0.25) is 19.5 Å². The van der Waals surface area contributed by atoms with Crippen LogP contribution in [0.1, 0.15) is 40.2 Å². The van der Waals surface area contributed by atoms with E-state index >= 15 is 0 Å². The molecular weight excluding hydrogens is 530 g/mol. The Labute approximate surface area is 219 Å². The van der Waals surface area contributed by atoms with Crippen LogP contribution in [0.2, 0.25) is 0 Å². The topological polar surface area (TPSA) is 80.2 Å². The largest absolute Gasteiger partial charge is 0.490 e. The molecule has 0 radical (unpaired) electrons. The molecule has 0 aromatic heterocycles. The minimum atomic E-state index is -0.282. The van der Waals surface area contributed by atoms with Gasteiger partial charge in [0.15, 0.2) is 23.3 Å². The van der Waals surface area contributed by atoms with E-state index in [1.54, 1.807) is 11.0 Å². The van der Waals surface area contributed by atoms with Gasteiger partial charge in [-0.1, -0.05) is 18.2 Å². The molecule has 3 rings (SSSR count). The molecule has 7 nitrogen and oxygen atoms in total. The molecule has 0 unspecified atom stereocenters. The zero-order chi connectivity index (χ0) is 25.5. The lowest BCUT2D eigenvalue weighted by atomic mass is 10.1. The Balaban J connectivity index is 1.82. The molecule has 9 heteroatoms. The van der Waals surface area contributed by atoms with Crippen LogP contribution in [0.4, 0.5) is 5.69 Å². The van der Waals surface area contributed by atoms with Crippen LogP contribution in [0.25, 0.3) is 6.08 Å². The minimum Gasteiger partial charge on any atom is -0.490 e. The SMILES string of the molecule is CCOc1cc(/C=C2/SC(=NC(C)C)N(C(C)C)C2=O)cc(Br)c1OCC(=O)Nc1ccccc1. The number of carbonyl (C=O) groups excluding carboxylic acids is 2. The van der Waals surface area contributed by atoms with Crippen LogP contribution in [-0.2, 0) is 9.59 Å². The Morgan fingerprint density at radius 1 is 1.17 bits per heavy atom. The van der Waals surface area contributed by atoms with Gasteiger partial charge in [0.2, 0.25) is 0 Å². The molecule has 186 valence electrons. The van der Waals surface area contributed by atoms with Crippen LogP contribution in [0.3, 0.4) is 0 Å².